The summed E-state index contributed by atoms with van der Waals surface area (Å²) in [6.45, 7) is 0. The molecule has 104 valence electrons. The van der Waals surface area contributed by atoms with Gasteiger partial charge in [0.25, 0.3) is 0 Å². The van der Waals surface area contributed by atoms with Crippen molar-refractivity contribution in [2.75, 3.05) is 0 Å². The van der Waals surface area contributed by atoms with E-state index in [0.717, 1.165) is 6.07 Å². The van der Waals surface area contributed by atoms with Gasteiger partial charge in [0.15, 0.2) is 11.6 Å². The summed E-state index contributed by atoms with van der Waals surface area (Å²) in [6.07, 6.45) is -1.58. The van der Waals surface area contributed by atoms with Crippen LogP contribution in [0.25, 0.3) is 0 Å². The number of hydrogen-bond acceptors (Lipinski definition) is 3. The van der Waals surface area contributed by atoms with Crippen LogP contribution < -0.4 is 4.74 Å². The Morgan fingerprint density at radius 3 is 2.70 bits per heavy atom. The van der Waals surface area contributed by atoms with Crippen molar-refractivity contribution in [3.05, 3.63) is 59.2 Å². The van der Waals surface area contributed by atoms with E-state index in [2.05, 4.69) is 0 Å². The standard InChI is InChI=1S/C15H12F2O3/c16-11-3-1-2-9(15(11)17)14-7-12(19)10-6-8(18)4-5-13(10)20-14/h1-6,12,14,18-19H,7H2. The lowest BCUT2D eigenvalue weighted by Crippen LogP contribution is -2.20. The largest absolute Gasteiger partial charge is 0.508 e. The molecule has 0 amide bonds. The van der Waals surface area contributed by atoms with E-state index in [1.165, 1.54) is 30.3 Å². The Hall–Kier alpha value is -2.14. The number of ether oxygens (including phenoxy) is 1. The highest BCUT2D eigenvalue weighted by molar-refractivity contribution is 5.43. The van der Waals surface area contributed by atoms with Gasteiger partial charge < -0.3 is 14.9 Å². The summed E-state index contributed by atoms with van der Waals surface area (Å²) in [5.41, 5.74) is 0.515. The second-order valence-electron chi connectivity index (χ2n) is 4.72. The molecule has 1 aliphatic rings. The molecule has 2 N–H and O–H groups in total. The summed E-state index contributed by atoms with van der Waals surface area (Å²) in [4.78, 5) is 0. The van der Waals surface area contributed by atoms with Gasteiger partial charge in [-0.3, -0.25) is 0 Å². The van der Waals surface area contributed by atoms with E-state index in [9.17, 15) is 19.0 Å². The van der Waals surface area contributed by atoms with E-state index < -0.39 is 23.8 Å². The van der Waals surface area contributed by atoms with E-state index in [1.54, 1.807) is 0 Å². The average molecular weight is 278 g/mol. The monoisotopic (exact) mass is 278 g/mol. The molecule has 2 atom stereocenters. The number of fused-ring (bicyclic) bond motifs is 1. The third-order valence-corrected chi connectivity index (χ3v) is 3.39. The van der Waals surface area contributed by atoms with Crippen molar-refractivity contribution in [1.82, 2.24) is 0 Å². The summed E-state index contributed by atoms with van der Waals surface area (Å²) in [6, 6.07) is 8.17. The normalized spacial score (nSPS) is 21.1. The first-order chi connectivity index (χ1) is 9.56. The zero-order valence-corrected chi connectivity index (χ0v) is 10.4. The number of aliphatic hydroxyl groups excluding tert-OH is 1. The maximum atomic E-state index is 13.8. The maximum absolute atomic E-state index is 13.8. The molecule has 0 aromatic heterocycles. The van der Waals surface area contributed by atoms with E-state index in [1.807, 2.05) is 0 Å². The minimum absolute atomic E-state index is 0.0155. The van der Waals surface area contributed by atoms with Gasteiger partial charge in [-0.25, -0.2) is 8.78 Å². The lowest BCUT2D eigenvalue weighted by molar-refractivity contribution is 0.0634. The minimum Gasteiger partial charge on any atom is -0.508 e. The first kappa shape index (κ1) is 12.9. The van der Waals surface area contributed by atoms with Gasteiger partial charge in [0.2, 0.25) is 0 Å². The zero-order valence-electron chi connectivity index (χ0n) is 10.4. The van der Waals surface area contributed by atoms with Crippen molar-refractivity contribution in [2.45, 2.75) is 18.6 Å². The third kappa shape index (κ3) is 2.10. The number of phenols is 1. The smallest absolute Gasteiger partial charge is 0.165 e. The summed E-state index contributed by atoms with van der Waals surface area (Å²) in [5, 5.41) is 19.5. The Balaban J connectivity index is 1.99. The first-order valence-corrected chi connectivity index (χ1v) is 6.18. The molecule has 20 heavy (non-hydrogen) atoms. The number of phenolic OH excluding ortho intramolecular Hbond substituents is 1. The molecule has 0 saturated heterocycles. The average Bonchev–Trinajstić information content (AvgIpc) is 2.42. The molecule has 3 nitrogen and oxygen atoms in total. The van der Waals surface area contributed by atoms with Gasteiger partial charge in [0.05, 0.1) is 6.10 Å². The summed E-state index contributed by atoms with van der Waals surface area (Å²) in [7, 11) is 0. The molecule has 0 spiro atoms. The fourth-order valence-electron chi connectivity index (χ4n) is 2.39. The lowest BCUT2D eigenvalue weighted by Gasteiger charge is -2.30. The topological polar surface area (TPSA) is 49.7 Å². The summed E-state index contributed by atoms with van der Waals surface area (Å²) >= 11 is 0. The van der Waals surface area contributed by atoms with Gasteiger partial charge in [0, 0.05) is 17.5 Å². The summed E-state index contributed by atoms with van der Waals surface area (Å²) in [5.74, 6) is -1.54. The predicted octanol–water partition coefficient (Wildman–Crippen LogP) is 3.23. The van der Waals surface area contributed by atoms with Crippen LogP contribution in [-0.2, 0) is 0 Å². The first-order valence-electron chi connectivity index (χ1n) is 6.18. The van der Waals surface area contributed by atoms with E-state index in [0.29, 0.717) is 11.3 Å². The number of rotatable bonds is 1. The third-order valence-electron chi connectivity index (χ3n) is 3.39. The fraction of sp³-hybridized carbons (Fsp3) is 0.200. The number of aromatic hydroxyl groups is 1. The highest BCUT2D eigenvalue weighted by Gasteiger charge is 2.30. The number of benzene rings is 2. The SMILES string of the molecule is Oc1ccc2c(c1)C(O)CC(c1cccc(F)c1F)O2. The van der Waals surface area contributed by atoms with Gasteiger partial charge in [0.1, 0.15) is 17.6 Å². The second kappa shape index (κ2) is 4.76. The Bertz CT molecular complexity index is 658. The molecule has 2 unspecified atom stereocenters. The number of aliphatic hydroxyl groups is 1. The van der Waals surface area contributed by atoms with Crippen LogP contribution in [0.5, 0.6) is 11.5 Å². The van der Waals surface area contributed by atoms with Crippen LogP contribution in [-0.4, -0.2) is 10.2 Å². The molecular formula is C15H12F2O3. The Labute approximate surface area is 114 Å². The lowest BCUT2D eigenvalue weighted by atomic mass is 9.94. The van der Waals surface area contributed by atoms with Gasteiger partial charge in [-0.15, -0.1) is 0 Å². The van der Waals surface area contributed by atoms with Crippen LogP contribution in [0.2, 0.25) is 0 Å². The molecule has 0 fully saturated rings. The highest BCUT2D eigenvalue weighted by Crippen LogP contribution is 2.42. The van der Waals surface area contributed by atoms with Crippen LogP contribution >= 0.6 is 0 Å². The molecule has 3 rings (SSSR count). The molecule has 0 aliphatic carbocycles. The van der Waals surface area contributed by atoms with Crippen molar-refractivity contribution < 1.29 is 23.7 Å². The number of halogens is 2. The molecule has 0 saturated carbocycles. The molecule has 2 aromatic rings. The van der Waals surface area contributed by atoms with Crippen molar-refractivity contribution in [3.63, 3.8) is 0 Å². The molecule has 0 bridgehead atoms. The van der Waals surface area contributed by atoms with Crippen molar-refractivity contribution in [1.29, 1.82) is 0 Å². The zero-order chi connectivity index (χ0) is 14.3. The molecule has 0 radical (unpaired) electrons. The van der Waals surface area contributed by atoms with Crippen molar-refractivity contribution in [3.8, 4) is 11.5 Å². The van der Waals surface area contributed by atoms with Crippen molar-refractivity contribution >= 4 is 0 Å². The minimum atomic E-state index is -0.966. The number of hydrogen-bond donors (Lipinski definition) is 2. The second-order valence-corrected chi connectivity index (χ2v) is 4.72. The van der Waals surface area contributed by atoms with E-state index in [-0.39, 0.29) is 17.7 Å². The quantitative estimate of drug-likeness (QED) is 0.842. The van der Waals surface area contributed by atoms with E-state index in [4.69, 9.17) is 4.74 Å². The molecule has 2 aromatic carbocycles. The Morgan fingerprint density at radius 2 is 1.90 bits per heavy atom. The molecular weight excluding hydrogens is 266 g/mol. The van der Waals surface area contributed by atoms with Crippen LogP contribution in [0.4, 0.5) is 8.78 Å². The maximum Gasteiger partial charge on any atom is 0.165 e. The van der Waals surface area contributed by atoms with Gasteiger partial charge in [-0.2, -0.15) is 0 Å². The van der Waals surface area contributed by atoms with Crippen LogP contribution in [0.1, 0.15) is 29.8 Å². The van der Waals surface area contributed by atoms with Crippen LogP contribution in [0.15, 0.2) is 36.4 Å². The van der Waals surface area contributed by atoms with Crippen LogP contribution in [0.3, 0.4) is 0 Å². The van der Waals surface area contributed by atoms with Gasteiger partial charge in [-0.05, 0) is 24.3 Å². The molecule has 1 aliphatic heterocycles. The van der Waals surface area contributed by atoms with Gasteiger partial charge >= 0.3 is 0 Å². The fourth-order valence-corrected chi connectivity index (χ4v) is 2.39. The summed E-state index contributed by atoms with van der Waals surface area (Å²) < 4.78 is 32.6. The highest BCUT2D eigenvalue weighted by atomic mass is 19.2. The Kier molecular flexibility index (Phi) is 3.06. The molecule has 5 heteroatoms. The molecule has 1 heterocycles. The predicted molar refractivity (Wildman–Crippen MR) is 67.4 cm³/mol. The van der Waals surface area contributed by atoms with Gasteiger partial charge in [-0.1, -0.05) is 12.1 Å². The Morgan fingerprint density at radius 1 is 1.10 bits per heavy atom. The van der Waals surface area contributed by atoms with E-state index >= 15 is 0 Å². The van der Waals surface area contributed by atoms with Crippen LogP contribution in [0, 0.1) is 11.6 Å². The van der Waals surface area contributed by atoms with Crippen molar-refractivity contribution in [2.24, 2.45) is 0 Å².